The van der Waals surface area contributed by atoms with Crippen LogP contribution in [0.3, 0.4) is 0 Å². The first-order chi connectivity index (χ1) is 17.6. The summed E-state index contributed by atoms with van der Waals surface area (Å²) < 4.78 is 27.7. The van der Waals surface area contributed by atoms with Crippen molar-refractivity contribution in [3.63, 3.8) is 0 Å². The second-order valence-electron chi connectivity index (χ2n) is 8.30. The van der Waals surface area contributed by atoms with E-state index in [-0.39, 0.29) is 5.97 Å². The zero-order valence-electron chi connectivity index (χ0n) is 21.2. The molecule has 188 valence electrons. The molecule has 0 amide bonds. The van der Waals surface area contributed by atoms with Crippen molar-refractivity contribution >= 4 is 11.5 Å². The van der Waals surface area contributed by atoms with Gasteiger partial charge in [-0.15, -0.1) is 0 Å². The van der Waals surface area contributed by atoms with Gasteiger partial charge in [0.05, 0.1) is 20.8 Å². The fourth-order valence-corrected chi connectivity index (χ4v) is 4.38. The van der Waals surface area contributed by atoms with Crippen LogP contribution in [-0.2, 0) is 20.7 Å². The SMILES string of the molecule is CCOC(=O)C(Cc1ccc(OCC=C2c3cc(OC)ccc3-c3ccc(OC)cc32)cc1)OCC. The molecule has 0 radical (unpaired) electrons. The number of benzene rings is 3. The molecule has 1 atom stereocenters. The average molecular weight is 489 g/mol. The van der Waals surface area contributed by atoms with Gasteiger partial charge in [-0.2, -0.15) is 0 Å². The van der Waals surface area contributed by atoms with E-state index >= 15 is 0 Å². The highest BCUT2D eigenvalue weighted by atomic mass is 16.6. The largest absolute Gasteiger partial charge is 0.497 e. The molecule has 6 nitrogen and oxygen atoms in total. The van der Waals surface area contributed by atoms with Crippen LogP contribution in [0.15, 0.2) is 66.7 Å². The normalized spacial score (nSPS) is 12.4. The van der Waals surface area contributed by atoms with Crippen LogP contribution in [0, 0.1) is 0 Å². The van der Waals surface area contributed by atoms with Crippen LogP contribution in [0.2, 0.25) is 0 Å². The van der Waals surface area contributed by atoms with Gasteiger partial charge in [0.25, 0.3) is 0 Å². The second kappa shape index (κ2) is 11.8. The average Bonchev–Trinajstić information content (AvgIpc) is 3.21. The van der Waals surface area contributed by atoms with Gasteiger partial charge in [-0.25, -0.2) is 4.79 Å². The van der Waals surface area contributed by atoms with Crippen LogP contribution < -0.4 is 14.2 Å². The number of hydrogen-bond acceptors (Lipinski definition) is 6. The third-order valence-corrected chi connectivity index (χ3v) is 6.12. The zero-order chi connectivity index (χ0) is 25.5. The van der Waals surface area contributed by atoms with Gasteiger partial charge in [0, 0.05) is 13.0 Å². The Labute approximate surface area is 212 Å². The quantitative estimate of drug-likeness (QED) is 0.252. The van der Waals surface area contributed by atoms with E-state index in [4.69, 9.17) is 23.7 Å². The molecular weight excluding hydrogens is 456 g/mol. The molecule has 3 aromatic rings. The number of carbonyl (C=O) groups excluding carboxylic acids is 1. The van der Waals surface area contributed by atoms with Crippen molar-refractivity contribution in [2.24, 2.45) is 0 Å². The Bertz CT molecular complexity index is 1170. The molecule has 0 bridgehead atoms. The molecule has 0 aromatic heterocycles. The van der Waals surface area contributed by atoms with E-state index in [1.807, 2.05) is 43.3 Å². The van der Waals surface area contributed by atoms with Crippen LogP contribution in [0.4, 0.5) is 0 Å². The molecule has 0 fully saturated rings. The number of esters is 1. The van der Waals surface area contributed by atoms with Crippen molar-refractivity contribution in [3.05, 3.63) is 83.4 Å². The van der Waals surface area contributed by atoms with Crippen molar-refractivity contribution in [2.45, 2.75) is 26.4 Å². The van der Waals surface area contributed by atoms with Crippen molar-refractivity contribution in [2.75, 3.05) is 34.0 Å². The molecule has 0 saturated carbocycles. The van der Waals surface area contributed by atoms with Crippen LogP contribution in [0.5, 0.6) is 17.2 Å². The minimum absolute atomic E-state index is 0.333. The summed E-state index contributed by atoms with van der Waals surface area (Å²) in [4.78, 5) is 12.1. The van der Waals surface area contributed by atoms with E-state index in [1.165, 1.54) is 0 Å². The minimum Gasteiger partial charge on any atom is -0.497 e. The Morgan fingerprint density at radius 3 is 1.89 bits per heavy atom. The van der Waals surface area contributed by atoms with Crippen LogP contribution in [0.25, 0.3) is 16.7 Å². The molecule has 3 aromatic carbocycles. The molecule has 0 spiro atoms. The summed E-state index contributed by atoms with van der Waals surface area (Å²) in [7, 11) is 3.35. The Kier molecular flexibility index (Phi) is 8.28. The van der Waals surface area contributed by atoms with Crippen LogP contribution in [-0.4, -0.2) is 46.1 Å². The van der Waals surface area contributed by atoms with Gasteiger partial charge in [-0.3, -0.25) is 0 Å². The summed E-state index contributed by atoms with van der Waals surface area (Å²) in [5, 5.41) is 0. The summed E-state index contributed by atoms with van der Waals surface area (Å²) in [6.07, 6.45) is 1.93. The lowest BCUT2D eigenvalue weighted by Crippen LogP contribution is -2.28. The number of carbonyl (C=O) groups is 1. The third-order valence-electron chi connectivity index (χ3n) is 6.12. The standard InChI is InChI=1S/C30H32O6/c1-5-34-29(30(31)35-6-2)17-20-7-9-21(10-8-20)36-16-15-26-27-18-22(32-3)11-13-24(27)25-14-12-23(33-4)19-28(25)26/h7-15,18-19,29H,5-6,16-17H2,1-4H3. The highest BCUT2D eigenvalue weighted by molar-refractivity contribution is 6.01. The molecule has 4 rings (SSSR count). The van der Waals surface area contributed by atoms with E-state index < -0.39 is 6.10 Å². The maximum Gasteiger partial charge on any atom is 0.335 e. The molecule has 0 heterocycles. The topological polar surface area (TPSA) is 63.2 Å². The fraction of sp³-hybridized carbons (Fsp3) is 0.300. The lowest BCUT2D eigenvalue weighted by Gasteiger charge is -2.15. The Hall–Kier alpha value is -3.77. The van der Waals surface area contributed by atoms with Gasteiger partial charge in [-0.1, -0.05) is 24.3 Å². The van der Waals surface area contributed by atoms with E-state index in [9.17, 15) is 4.79 Å². The van der Waals surface area contributed by atoms with Gasteiger partial charge in [-0.05, 0) is 89.7 Å². The van der Waals surface area contributed by atoms with E-state index in [0.717, 1.165) is 50.6 Å². The first-order valence-corrected chi connectivity index (χ1v) is 12.1. The van der Waals surface area contributed by atoms with E-state index in [1.54, 1.807) is 21.1 Å². The van der Waals surface area contributed by atoms with Gasteiger partial charge in [0.2, 0.25) is 0 Å². The van der Waals surface area contributed by atoms with Crippen molar-refractivity contribution in [3.8, 4) is 28.4 Å². The van der Waals surface area contributed by atoms with Crippen LogP contribution in [0.1, 0.15) is 30.5 Å². The Morgan fingerprint density at radius 1 is 0.778 bits per heavy atom. The highest BCUT2D eigenvalue weighted by Gasteiger charge is 2.24. The smallest absolute Gasteiger partial charge is 0.335 e. The maximum absolute atomic E-state index is 12.1. The summed E-state index contributed by atoms with van der Waals surface area (Å²) >= 11 is 0. The highest BCUT2D eigenvalue weighted by Crippen LogP contribution is 2.46. The molecule has 0 N–H and O–H groups in total. The van der Waals surface area contributed by atoms with Gasteiger partial charge >= 0.3 is 5.97 Å². The predicted molar refractivity (Wildman–Crippen MR) is 140 cm³/mol. The van der Waals surface area contributed by atoms with E-state index in [2.05, 4.69) is 30.3 Å². The lowest BCUT2D eigenvalue weighted by molar-refractivity contribution is -0.156. The van der Waals surface area contributed by atoms with Gasteiger partial charge in [0.1, 0.15) is 23.9 Å². The van der Waals surface area contributed by atoms with Crippen molar-refractivity contribution < 1.29 is 28.5 Å². The Balaban J connectivity index is 1.49. The number of rotatable bonds is 11. The lowest BCUT2D eigenvalue weighted by atomic mass is 10.0. The number of methoxy groups -OCH3 is 2. The zero-order valence-corrected chi connectivity index (χ0v) is 21.2. The summed E-state index contributed by atoms with van der Waals surface area (Å²) in [6.45, 7) is 4.83. The maximum atomic E-state index is 12.1. The van der Waals surface area contributed by atoms with Crippen LogP contribution >= 0.6 is 0 Å². The molecule has 6 heteroatoms. The molecule has 1 unspecified atom stereocenters. The van der Waals surface area contributed by atoms with Crippen molar-refractivity contribution in [1.82, 2.24) is 0 Å². The van der Waals surface area contributed by atoms with Gasteiger partial charge < -0.3 is 23.7 Å². The first-order valence-electron chi connectivity index (χ1n) is 12.1. The summed E-state index contributed by atoms with van der Waals surface area (Å²) in [6, 6.07) is 20.0. The molecular formula is C30H32O6. The van der Waals surface area contributed by atoms with E-state index in [0.29, 0.717) is 26.2 Å². The number of ether oxygens (including phenoxy) is 5. The molecule has 1 aliphatic carbocycles. The monoisotopic (exact) mass is 488 g/mol. The predicted octanol–water partition coefficient (Wildman–Crippen LogP) is 5.71. The summed E-state index contributed by atoms with van der Waals surface area (Å²) in [5.74, 6) is 2.03. The molecule has 36 heavy (non-hydrogen) atoms. The molecule has 1 aliphatic rings. The fourth-order valence-electron chi connectivity index (χ4n) is 4.38. The Morgan fingerprint density at radius 2 is 1.36 bits per heavy atom. The first kappa shape index (κ1) is 25.3. The number of fused-ring (bicyclic) bond motifs is 3. The summed E-state index contributed by atoms with van der Waals surface area (Å²) in [5.41, 5.74) is 6.60. The molecule has 0 aliphatic heterocycles. The number of hydrogen-bond donors (Lipinski definition) is 0. The molecule has 0 saturated heterocycles. The minimum atomic E-state index is -0.608. The third kappa shape index (κ3) is 5.55. The van der Waals surface area contributed by atoms with Crippen molar-refractivity contribution in [1.29, 1.82) is 0 Å². The van der Waals surface area contributed by atoms with Gasteiger partial charge in [0.15, 0.2) is 6.10 Å². The second-order valence-corrected chi connectivity index (χ2v) is 8.30.